The predicted molar refractivity (Wildman–Crippen MR) is 96.9 cm³/mol. The van der Waals surface area contributed by atoms with Crippen LogP contribution in [0.25, 0.3) is 0 Å². The number of nitrogens with one attached hydrogen (secondary N) is 1. The number of amides is 2. The number of aryl methyl sites for hydroxylation is 1. The lowest BCUT2D eigenvalue weighted by atomic mass is 10.1. The van der Waals surface area contributed by atoms with E-state index in [0.29, 0.717) is 35.4 Å². The zero-order chi connectivity index (χ0) is 17.7. The predicted octanol–water partition coefficient (Wildman–Crippen LogP) is 2.59. The summed E-state index contributed by atoms with van der Waals surface area (Å²) in [7, 11) is 1.55. The molecule has 1 aliphatic rings. The summed E-state index contributed by atoms with van der Waals surface area (Å²) in [6, 6.07) is 5.53. The van der Waals surface area contributed by atoms with Gasteiger partial charge in [-0.05, 0) is 37.5 Å². The average Bonchev–Trinajstić information content (AvgIpc) is 2.90. The van der Waals surface area contributed by atoms with E-state index in [0.717, 1.165) is 18.4 Å². The number of likely N-dealkylation sites (tertiary alicyclic amines) is 1. The van der Waals surface area contributed by atoms with Crippen LogP contribution in [0.5, 0.6) is 0 Å². The lowest BCUT2D eigenvalue weighted by Crippen LogP contribution is -2.36. The van der Waals surface area contributed by atoms with Gasteiger partial charge < -0.3 is 10.2 Å². The Labute approximate surface area is 152 Å². The van der Waals surface area contributed by atoms with Crippen LogP contribution in [0.2, 0.25) is 10.0 Å². The first-order valence-electron chi connectivity index (χ1n) is 7.95. The van der Waals surface area contributed by atoms with Gasteiger partial charge in [0, 0.05) is 26.7 Å². The maximum Gasteiger partial charge on any atom is 0.268 e. The standard InChI is InChI=1S/C17H21Cl2N3O2/c1-3-22-10-12(15(20-2)17(22)24)16(23)21-8-4-5-11-6-7-13(18)14(19)9-11/h6-7,9,12H,3-5,8,10H2,1-2H3,(H,21,23). The van der Waals surface area contributed by atoms with Crippen LogP contribution >= 0.6 is 23.2 Å². The summed E-state index contributed by atoms with van der Waals surface area (Å²) >= 11 is 11.9. The van der Waals surface area contributed by atoms with E-state index >= 15 is 0 Å². The highest BCUT2D eigenvalue weighted by Gasteiger charge is 2.39. The molecule has 1 heterocycles. The fourth-order valence-electron chi connectivity index (χ4n) is 2.75. The van der Waals surface area contributed by atoms with Crippen LogP contribution in [0.1, 0.15) is 18.9 Å². The Kier molecular flexibility index (Phi) is 6.63. The molecule has 1 unspecified atom stereocenters. The lowest BCUT2D eigenvalue weighted by Gasteiger charge is -2.12. The highest BCUT2D eigenvalue weighted by atomic mass is 35.5. The van der Waals surface area contributed by atoms with Crippen LogP contribution in [0.3, 0.4) is 0 Å². The fraction of sp³-hybridized carbons (Fsp3) is 0.471. The highest BCUT2D eigenvalue weighted by Crippen LogP contribution is 2.23. The first-order valence-corrected chi connectivity index (χ1v) is 8.71. The monoisotopic (exact) mass is 369 g/mol. The summed E-state index contributed by atoms with van der Waals surface area (Å²) in [5, 5.41) is 3.96. The van der Waals surface area contributed by atoms with Crippen LogP contribution < -0.4 is 5.32 Å². The van der Waals surface area contributed by atoms with Gasteiger partial charge in [-0.15, -0.1) is 0 Å². The van der Waals surface area contributed by atoms with E-state index in [9.17, 15) is 9.59 Å². The van der Waals surface area contributed by atoms with Gasteiger partial charge in [0.15, 0.2) is 0 Å². The van der Waals surface area contributed by atoms with E-state index in [-0.39, 0.29) is 11.8 Å². The highest BCUT2D eigenvalue weighted by molar-refractivity contribution is 6.45. The van der Waals surface area contributed by atoms with Crippen molar-refractivity contribution in [3.05, 3.63) is 33.8 Å². The van der Waals surface area contributed by atoms with Crippen LogP contribution in [-0.2, 0) is 16.0 Å². The molecule has 1 saturated heterocycles. The second-order valence-electron chi connectivity index (χ2n) is 5.65. The maximum absolute atomic E-state index is 12.3. The second kappa shape index (κ2) is 8.49. The van der Waals surface area contributed by atoms with Gasteiger partial charge in [-0.1, -0.05) is 29.3 Å². The van der Waals surface area contributed by atoms with Crippen LogP contribution in [0.15, 0.2) is 23.2 Å². The zero-order valence-electron chi connectivity index (χ0n) is 13.8. The van der Waals surface area contributed by atoms with E-state index < -0.39 is 5.92 Å². The molecule has 2 rings (SSSR count). The molecule has 1 atom stereocenters. The Balaban J connectivity index is 1.83. The molecular formula is C17H21Cl2N3O2. The molecule has 0 spiro atoms. The summed E-state index contributed by atoms with van der Waals surface area (Å²) in [6.45, 7) is 3.41. The molecule has 2 amide bonds. The van der Waals surface area contributed by atoms with Crippen molar-refractivity contribution < 1.29 is 9.59 Å². The molecule has 7 heteroatoms. The number of benzene rings is 1. The number of carbonyl (C=O) groups is 2. The first kappa shape index (κ1) is 18.7. The van der Waals surface area contributed by atoms with Gasteiger partial charge in [0.2, 0.25) is 5.91 Å². The number of carbonyl (C=O) groups excluding carboxylic acids is 2. The third-order valence-electron chi connectivity index (χ3n) is 4.10. The molecule has 0 aliphatic carbocycles. The third kappa shape index (κ3) is 4.28. The van der Waals surface area contributed by atoms with Gasteiger partial charge in [0.1, 0.15) is 11.6 Å². The molecule has 24 heavy (non-hydrogen) atoms. The molecule has 0 bridgehead atoms. The smallest absolute Gasteiger partial charge is 0.268 e. The van der Waals surface area contributed by atoms with E-state index in [1.165, 1.54) is 0 Å². The molecule has 1 aromatic rings. The molecular weight excluding hydrogens is 349 g/mol. The largest absolute Gasteiger partial charge is 0.355 e. The van der Waals surface area contributed by atoms with E-state index in [1.807, 2.05) is 19.1 Å². The van der Waals surface area contributed by atoms with Gasteiger partial charge in [0.05, 0.1) is 10.0 Å². The first-order chi connectivity index (χ1) is 11.5. The summed E-state index contributed by atoms with van der Waals surface area (Å²) in [6.07, 6.45) is 1.57. The molecule has 1 N–H and O–H groups in total. The zero-order valence-corrected chi connectivity index (χ0v) is 15.3. The van der Waals surface area contributed by atoms with Crippen molar-refractivity contribution >= 4 is 40.7 Å². The van der Waals surface area contributed by atoms with Crippen molar-refractivity contribution in [2.24, 2.45) is 10.9 Å². The molecule has 130 valence electrons. The van der Waals surface area contributed by atoms with Crippen LogP contribution in [-0.4, -0.2) is 49.1 Å². The minimum Gasteiger partial charge on any atom is -0.355 e. The molecule has 0 saturated carbocycles. The van der Waals surface area contributed by atoms with Gasteiger partial charge >= 0.3 is 0 Å². The SMILES string of the molecule is CCN1CC(C(=O)NCCCc2ccc(Cl)c(Cl)c2)C(=NC)C1=O. The Morgan fingerprint density at radius 2 is 2.12 bits per heavy atom. The molecule has 0 aromatic heterocycles. The van der Waals surface area contributed by atoms with Crippen molar-refractivity contribution in [3.8, 4) is 0 Å². The average molecular weight is 370 g/mol. The number of nitrogens with zero attached hydrogens (tertiary/aromatic N) is 2. The van der Waals surface area contributed by atoms with Crippen molar-refractivity contribution in [2.45, 2.75) is 19.8 Å². The Morgan fingerprint density at radius 1 is 1.38 bits per heavy atom. The quantitative estimate of drug-likeness (QED) is 0.783. The fourth-order valence-corrected chi connectivity index (χ4v) is 3.08. The molecule has 1 aliphatic heterocycles. The van der Waals surface area contributed by atoms with Crippen molar-refractivity contribution in [3.63, 3.8) is 0 Å². The summed E-state index contributed by atoms with van der Waals surface area (Å²) in [5.74, 6) is -0.766. The summed E-state index contributed by atoms with van der Waals surface area (Å²) < 4.78 is 0. The maximum atomic E-state index is 12.3. The van der Waals surface area contributed by atoms with Crippen molar-refractivity contribution in [1.82, 2.24) is 10.2 Å². The third-order valence-corrected chi connectivity index (χ3v) is 4.84. The molecule has 1 fully saturated rings. The van der Waals surface area contributed by atoms with Gasteiger partial charge in [-0.2, -0.15) is 0 Å². The molecule has 1 aromatic carbocycles. The lowest BCUT2D eigenvalue weighted by molar-refractivity contribution is -0.123. The second-order valence-corrected chi connectivity index (χ2v) is 6.46. The number of aliphatic imine (C=N–C) groups is 1. The number of halogens is 2. The van der Waals surface area contributed by atoms with Crippen LogP contribution in [0.4, 0.5) is 0 Å². The normalized spacial score (nSPS) is 19.2. The van der Waals surface area contributed by atoms with Gasteiger partial charge in [-0.3, -0.25) is 14.6 Å². The summed E-state index contributed by atoms with van der Waals surface area (Å²) in [4.78, 5) is 30.0. The number of rotatable bonds is 6. The van der Waals surface area contributed by atoms with Gasteiger partial charge in [-0.25, -0.2) is 0 Å². The molecule has 0 radical (unpaired) electrons. The van der Waals surface area contributed by atoms with E-state index in [2.05, 4.69) is 10.3 Å². The van der Waals surface area contributed by atoms with Gasteiger partial charge in [0.25, 0.3) is 5.91 Å². The number of hydrogen-bond donors (Lipinski definition) is 1. The topological polar surface area (TPSA) is 61.8 Å². The van der Waals surface area contributed by atoms with Crippen LogP contribution in [0, 0.1) is 5.92 Å². The molecule has 5 nitrogen and oxygen atoms in total. The number of hydrogen-bond acceptors (Lipinski definition) is 3. The minimum absolute atomic E-state index is 0.143. The Bertz CT molecular complexity index is 661. The van der Waals surface area contributed by atoms with Crippen molar-refractivity contribution in [2.75, 3.05) is 26.7 Å². The van der Waals surface area contributed by atoms with E-state index in [4.69, 9.17) is 23.2 Å². The summed E-state index contributed by atoms with van der Waals surface area (Å²) in [5.41, 5.74) is 1.42. The Hall–Kier alpha value is -1.59. The minimum atomic E-state index is -0.479. The Morgan fingerprint density at radius 3 is 2.75 bits per heavy atom. The van der Waals surface area contributed by atoms with E-state index in [1.54, 1.807) is 18.0 Å². The van der Waals surface area contributed by atoms with Crippen molar-refractivity contribution in [1.29, 1.82) is 0 Å².